The second-order valence-corrected chi connectivity index (χ2v) is 8.14. The molecule has 0 bridgehead atoms. The summed E-state index contributed by atoms with van der Waals surface area (Å²) in [6.07, 6.45) is 0. The standard InChI is InChI=1S/C23H20ClNO2S/c24-21-12-5-4-11-20(21)22(26)25-13-14-28-23(25)18-9-6-10-19(15-18)27-16-17-7-2-1-3-8-17/h1-12,15,23H,13-14,16H2. The van der Waals surface area contributed by atoms with Gasteiger partial charge in [0.2, 0.25) is 0 Å². The van der Waals surface area contributed by atoms with Crippen LogP contribution in [0.3, 0.4) is 0 Å². The van der Waals surface area contributed by atoms with Gasteiger partial charge in [-0.25, -0.2) is 0 Å². The lowest BCUT2D eigenvalue weighted by atomic mass is 10.1. The summed E-state index contributed by atoms with van der Waals surface area (Å²) < 4.78 is 5.96. The van der Waals surface area contributed by atoms with Crippen molar-refractivity contribution < 1.29 is 9.53 Å². The van der Waals surface area contributed by atoms with E-state index < -0.39 is 0 Å². The molecule has 0 radical (unpaired) electrons. The Labute approximate surface area is 174 Å². The van der Waals surface area contributed by atoms with Crippen LogP contribution in [0.4, 0.5) is 0 Å². The topological polar surface area (TPSA) is 29.5 Å². The van der Waals surface area contributed by atoms with Gasteiger partial charge >= 0.3 is 0 Å². The smallest absolute Gasteiger partial charge is 0.256 e. The Morgan fingerprint density at radius 1 is 1.04 bits per heavy atom. The maximum Gasteiger partial charge on any atom is 0.256 e. The Kier molecular flexibility index (Phi) is 5.89. The highest BCUT2D eigenvalue weighted by Gasteiger charge is 2.32. The molecule has 1 aliphatic rings. The molecular formula is C23H20ClNO2S. The van der Waals surface area contributed by atoms with Crippen LogP contribution in [0.1, 0.15) is 26.9 Å². The Morgan fingerprint density at radius 2 is 1.82 bits per heavy atom. The van der Waals surface area contributed by atoms with Crippen molar-refractivity contribution >= 4 is 29.3 Å². The fourth-order valence-corrected chi connectivity index (χ4v) is 4.70. The van der Waals surface area contributed by atoms with Crippen LogP contribution >= 0.6 is 23.4 Å². The van der Waals surface area contributed by atoms with Crippen LogP contribution in [0.15, 0.2) is 78.9 Å². The molecule has 1 heterocycles. The van der Waals surface area contributed by atoms with E-state index >= 15 is 0 Å². The number of hydrogen-bond donors (Lipinski definition) is 0. The molecule has 28 heavy (non-hydrogen) atoms. The van der Waals surface area contributed by atoms with Crippen molar-refractivity contribution in [3.63, 3.8) is 0 Å². The third kappa shape index (κ3) is 4.18. The summed E-state index contributed by atoms with van der Waals surface area (Å²) in [5, 5.41) is 0.451. The van der Waals surface area contributed by atoms with Gasteiger partial charge in [0.1, 0.15) is 17.7 Å². The Balaban J connectivity index is 1.51. The van der Waals surface area contributed by atoms with E-state index in [1.807, 2.05) is 71.6 Å². The van der Waals surface area contributed by atoms with Gasteiger partial charge < -0.3 is 9.64 Å². The van der Waals surface area contributed by atoms with Crippen LogP contribution in [-0.2, 0) is 6.61 Å². The molecule has 0 aromatic heterocycles. The first-order chi connectivity index (χ1) is 13.7. The van der Waals surface area contributed by atoms with Crippen molar-refractivity contribution in [2.24, 2.45) is 0 Å². The number of ether oxygens (including phenoxy) is 1. The zero-order chi connectivity index (χ0) is 19.3. The van der Waals surface area contributed by atoms with Gasteiger partial charge in [-0.05, 0) is 35.4 Å². The second-order valence-electron chi connectivity index (χ2n) is 6.55. The maximum atomic E-state index is 13.0. The molecule has 0 N–H and O–H groups in total. The van der Waals surface area contributed by atoms with E-state index in [9.17, 15) is 4.79 Å². The van der Waals surface area contributed by atoms with Gasteiger partial charge in [-0.15, -0.1) is 11.8 Å². The van der Waals surface area contributed by atoms with Gasteiger partial charge in [-0.2, -0.15) is 0 Å². The van der Waals surface area contributed by atoms with Crippen LogP contribution in [-0.4, -0.2) is 23.1 Å². The number of rotatable bonds is 5. The lowest BCUT2D eigenvalue weighted by Gasteiger charge is -2.25. The first-order valence-electron chi connectivity index (χ1n) is 9.16. The van der Waals surface area contributed by atoms with Crippen LogP contribution < -0.4 is 4.74 Å². The molecule has 3 aromatic carbocycles. The summed E-state index contributed by atoms with van der Waals surface area (Å²) in [6.45, 7) is 1.22. The summed E-state index contributed by atoms with van der Waals surface area (Å²) in [5.41, 5.74) is 2.74. The lowest BCUT2D eigenvalue weighted by molar-refractivity contribution is 0.0760. The predicted octanol–water partition coefficient (Wildman–Crippen LogP) is 5.81. The molecule has 1 unspecified atom stereocenters. The zero-order valence-corrected chi connectivity index (χ0v) is 16.8. The zero-order valence-electron chi connectivity index (χ0n) is 15.3. The molecule has 5 heteroatoms. The molecule has 1 fully saturated rings. The molecule has 3 nitrogen and oxygen atoms in total. The monoisotopic (exact) mass is 409 g/mol. The van der Waals surface area contributed by atoms with Crippen molar-refractivity contribution in [2.45, 2.75) is 12.0 Å². The average molecular weight is 410 g/mol. The number of carbonyl (C=O) groups is 1. The summed E-state index contributed by atoms with van der Waals surface area (Å²) in [7, 11) is 0. The molecule has 1 saturated heterocycles. The average Bonchev–Trinajstić information content (AvgIpc) is 3.23. The molecule has 1 amide bonds. The van der Waals surface area contributed by atoms with E-state index in [1.54, 1.807) is 23.9 Å². The number of nitrogens with zero attached hydrogens (tertiary/aromatic N) is 1. The van der Waals surface area contributed by atoms with E-state index in [0.29, 0.717) is 23.7 Å². The minimum Gasteiger partial charge on any atom is -0.489 e. The molecule has 0 saturated carbocycles. The molecular weight excluding hydrogens is 390 g/mol. The quantitative estimate of drug-likeness (QED) is 0.532. The van der Waals surface area contributed by atoms with Gasteiger partial charge in [0.25, 0.3) is 5.91 Å². The summed E-state index contributed by atoms with van der Waals surface area (Å²) in [5.74, 6) is 1.67. The number of thioether (sulfide) groups is 1. The van der Waals surface area contributed by atoms with Gasteiger partial charge in [-0.3, -0.25) is 4.79 Å². The van der Waals surface area contributed by atoms with Gasteiger partial charge in [0.05, 0.1) is 10.6 Å². The number of amides is 1. The van der Waals surface area contributed by atoms with Crippen molar-refractivity contribution in [1.82, 2.24) is 4.90 Å². The molecule has 4 rings (SSSR count). The SMILES string of the molecule is O=C(c1ccccc1Cl)N1CCSC1c1cccc(OCc2ccccc2)c1. The number of hydrogen-bond acceptors (Lipinski definition) is 3. The van der Waals surface area contributed by atoms with Crippen LogP contribution in [0, 0.1) is 0 Å². The van der Waals surface area contributed by atoms with Crippen molar-refractivity contribution in [3.05, 3.63) is 101 Å². The highest BCUT2D eigenvalue weighted by molar-refractivity contribution is 7.99. The molecule has 1 atom stereocenters. The highest BCUT2D eigenvalue weighted by atomic mass is 35.5. The van der Waals surface area contributed by atoms with Crippen LogP contribution in [0.25, 0.3) is 0 Å². The first kappa shape index (κ1) is 18.9. The summed E-state index contributed by atoms with van der Waals surface area (Å²) >= 11 is 8.00. The highest BCUT2D eigenvalue weighted by Crippen LogP contribution is 2.40. The van der Waals surface area contributed by atoms with E-state index in [2.05, 4.69) is 0 Å². The fourth-order valence-electron chi connectivity index (χ4n) is 3.24. The Hall–Kier alpha value is -2.43. The fraction of sp³-hybridized carbons (Fsp3) is 0.174. The van der Waals surface area contributed by atoms with Gasteiger partial charge in [0, 0.05) is 12.3 Å². The Bertz CT molecular complexity index is 964. The third-order valence-electron chi connectivity index (χ3n) is 4.65. The van der Waals surface area contributed by atoms with Gasteiger partial charge in [-0.1, -0.05) is 66.2 Å². The summed E-state index contributed by atoms with van der Waals surface area (Å²) in [6, 6.07) is 25.3. The van der Waals surface area contributed by atoms with E-state index in [0.717, 1.165) is 22.6 Å². The largest absolute Gasteiger partial charge is 0.489 e. The molecule has 1 aliphatic heterocycles. The minimum absolute atomic E-state index is 0.0313. The summed E-state index contributed by atoms with van der Waals surface area (Å²) in [4.78, 5) is 14.9. The number of carbonyl (C=O) groups excluding carboxylic acids is 1. The Morgan fingerprint density at radius 3 is 2.64 bits per heavy atom. The van der Waals surface area contributed by atoms with Crippen molar-refractivity contribution in [2.75, 3.05) is 12.3 Å². The molecule has 3 aromatic rings. The number of halogens is 1. The van der Waals surface area contributed by atoms with E-state index in [4.69, 9.17) is 16.3 Å². The van der Waals surface area contributed by atoms with Gasteiger partial charge in [0.15, 0.2) is 0 Å². The van der Waals surface area contributed by atoms with Crippen LogP contribution in [0.5, 0.6) is 5.75 Å². The van der Waals surface area contributed by atoms with Crippen molar-refractivity contribution in [3.8, 4) is 5.75 Å². The molecule has 0 spiro atoms. The third-order valence-corrected chi connectivity index (χ3v) is 6.24. The second kappa shape index (κ2) is 8.72. The molecule has 0 aliphatic carbocycles. The van der Waals surface area contributed by atoms with Crippen LogP contribution in [0.2, 0.25) is 5.02 Å². The minimum atomic E-state index is -0.0379. The van der Waals surface area contributed by atoms with E-state index in [1.165, 1.54) is 0 Å². The lowest BCUT2D eigenvalue weighted by Crippen LogP contribution is -2.30. The predicted molar refractivity (Wildman–Crippen MR) is 115 cm³/mol. The van der Waals surface area contributed by atoms with Crippen molar-refractivity contribution in [1.29, 1.82) is 0 Å². The normalized spacial score (nSPS) is 16.2. The van der Waals surface area contributed by atoms with E-state index in [-0.39, 0.29) is 11.3 Å². The number of benzene rings is 3. The first-order valence-corrected chi connectivity index (χ1v) is 10.6. The maximum absolute atomic E-state index is 13.0. The molecule has 142 valence electrons.